The zero-order valence-electron chi connectivity index (χ0n) is 34.7. The van der Waals surface area contributed by atoms with Gasteiger partial charge < -0.3 is 4.90 Å². The molecular weight excluding hydrogens is 736 g/mol. The van der Waals surface area contributed by atoms with Gasteiger partial charge in [0, 0.05) is 46.6 Å². The highest BCUT2D eigenvalue weighted by Gasteiger charge is 2.48. The minimum Gasteiger partial charge on any atom is -0.347 e. The Morgan fingerprint density at radius 1 is 0.780 bits per heavy atom. The van der Waals surface area contributed by atoms with Gasteiger partial charge in [0.15, 0.2) is 5.71 Å². The lowest BCUT2D eigenvalue weighted by molar-refractivity contribution is -0.401. The maximum Gasteiger partial charge on any atom is 0.210 e. The lowest BCUT2D eigenvalue weighted by atomic mass is 9.70. The molecule has 9 rings (SSSR count). The molecule has 2 heterocycles. The predicted molar refractivity (Wildman–Crippen MR) is 251 cm³/mol. The van der Waals surface area contributed by atoms with Crippen LogP contribution >= 0.6 is 11.6 Å². The SMILES string of the molecule is CN1/C(=C/C=C(/C=C/C2=[N+](C)c3ccc4ccccc4c3C2(C)CC2=CCCC2)Cc2ccccc2)C(CCc2ccccc2)(Cc2ccccc2)c2cc(Cl)ccc21. The summed E-state index contributed by atoms with van der Waals surface area (Å²) in [6, 6.07) is 52.9. The molecule has 6 aromatic rings. The Bertz CT molecular complexity index is 2650. The number of anilines is 1. The van der Waals surface area contributed by atoms with Gasteiger partial charge in [-0.3, -0.25) is 0 Å². The first kappa shape index (κ1) is 38.8. The molecule has 3 aliphatic rings. The summed E-state index contributed by atoms with van der Waals surface area (Å²) >= 11 is 6.87. The van der Waals surface area contributed by atoms with E-state index in [1.165, 1.54) is 86.2 Å². The maximum atomic E-state index is 6.87. The highest BCUT2D eigenvalue weighted by Crippen LogP contribution is 2.53. The quantitative estimate of drug-likeness (QED) is 0.0680. The third-order valence-electron chi connectivity index (χ3n) is 13.3. The molecule has 2 aliphatic heterocycles. The molecule has 0 spiro atoms. The number of hydrogen-bond donors (Lipinski definition) is 0. The van der Waals surface area contributed by atoms with E-state index in [4.69, 9.17) is 11.6 Å². The third kappa shape index (κ3) is 7.56. The van der Waals surface area contributed by atoms with Gasteiger partial charge in [-0.1, -0.05) is 151 Å². The standard InChI is InChI=1S/C56H54ClN2/c1-55(39-44-23-13-14-24-44)52(59(3)51-31-29-46-25-15-16-26-48(46)54(51)55)33-27-43(37-42-19-9-5-10-20-42)28-34-53-56(40-45-21-11-6-12-22-45,36-35-41-17-7-4-8-18-41)49-38-47(57)30-32-50(49)58(53)2/h4-12,15-23,25-34,38H,13-14,24,35-37,39-40H2,1-3H3/q+1. The normalized spacial score (nSPS) is 20.9. The van der Waals surface area contributed by atoms with Crippen molar-refractivity contribution >= 4 is 39.5 Å². The number of rotatable bonds is 12. The summed E-state index contributed by atoms with van der Waals surface area (Å²) in [5.41, 5.74) is 14.3. The van der Waals surface area contributed by atoms with E-state index >= 15 is 0 Å². The van der Waals surface area contributed by atoms with E-state index in [9.17, 15) is 0 Å². The van der Waals surface area contributed by atoms with Gasteiger partial charge in [0.25, 0.3) is 0 Å². The molecular formula is C56H54ClN2+. The fourth-order valence-electron chi connectivity index (χ4n) is 10.5. The number of benzene rings is 6. The van der Waals surface area contributed by atoms with Gasteiger partial charge in [0.1, 0.15) is 7.05 Å². The maximum absolute atomic E-state index is 6.87. The Morgan fingerprint density at radius 3 is 2.20 bits per heavy atom. The van der Waals surface area contributed by atoms with Crippen LogP contribution in [0.2, 0.25) is 5.02 Å². The topological polar surface area (TPSA) is 6.25 Å². The smallest absolute Gasteiger partial charge is 0.210 e. The van der Waals surface area contributed by atoms with Crippen LogP contribution in [-0.2, 0) is 30.1 Å². The van der Waals surface area contributed by atoms with Crippen molar-refractivity contribution in [2.45, 2.75) is 69.1 Å². The number of likely N-dealkylation sites (N-methyl/N-ethyl adjacent to an activating group) is 1. The van der Waals surface area contributed by atoms with Crippen LogP contribution in [0.4, 0.5) is 11.4 Å². The first-order valence-corrected chi connectivity index (χ1v) is 21.8. The molecule has 0 aromatic heterocycles. The van der Waals surface area contributed by atoms with Crippen molar-refractivity contribution in [3.05, 3.63) is 226 Å². The molecule has 2 nitrogen and oxygen atoms in total. The number of nitrogens with zero attached hydrogens (tertiary/aromatic N) is 2. The van der Waals surface area contributed by atoms with Crippen LogP contribution < -0.4 is 4.90 Å². The second-order valence-corrected chi connectivity index (χ2v) is 17.6. The number of allylic oxidation sites excluding steroid dienone is 8. The van der Waals surface area contributed by atoms with Gasteiger partial charge in [-0.15, -0.1) is 0 Å². The minimum absolute atomic E-state index is 0.164. The van der Waals surface area contributed by atoms with Gasteiger partial charge in [-0.2, -0.15) is 4.58 Å². The molecule has 3 heteroatoms. The molecule has 2 unspecified atom stereocenters. The zero-order valence-corrected chi connectivity index (χ0v) is 35.4. The van der Waals surface area contributed by atoms with Crippen LogP contribution in [0, 0.1) is 0 Å². The fraction of sp³-hybridized carbons (Fsp3) is 0.232. The predicted octanol–water partition coefficient (Wildman–Crippen LogP) is 13.9. The van der Waals surface area contributed by atoms with Crippen molar-refractivity contribution < 1.29 is 4.58 Å². The number of hydrogen-bond acceptors (Lipinski definition) is 1. The summed E-state index contributed by atoms with van der Waals surface area (Å²) in [6.45, 7) is 2.49. The van der Waals surface area contributed by atoms with Gasteiger partial charge >= 0.3 is 0 Å². The van der Waals surface area contributed by atoms with E-state index in [0.717, 1.165) is 37.1 Å². The third-order valence-corrected chi connectivity index (χ3v) is 13.6. The van der Waals surface area contributed by atoms with Crippen LogP contribution in [0.3, 0.4) is 0 Å². The van der Waals surface area contributed by atoms with Crippen LogP contribution in [-0.4, -0.2) is 24.4 Å². The van der Waals surface area contributed by atoms with E-state index in [1.807, 2.05) is 6.07 Å². The number of fused-ring (bicyclic) bond motifs is 4. The average Bonchev–Trinajstić information content (AvgIpc) is 3.91. The number of halogens is 1. The first-order valence-electron chi connectivity index (χ1n) is 21.4. The average molecular weight is 791 g/mol. The summed E-state index contributed by atoms with van der Waals surface area (Å²) in [5.74, 6) is 0. The van der Waals surface area contributed by atoms with E-state index in [2.05, 4.69) is 200 Å². The lowest BCUT2D eigenvalue weighted by Crippen LogP contribution is -2.33. The highest BCUT2D eigenvalue weighted by atomic mass is 35.5. The van der Waals surface area contributed by atoms with Crippen LogP contribution in [0.5, 0.6) is 0 Å². The number of aryl methyl sites for hydroxylation is 1. The molecule has 0 saturated carbocycles. The van der Waals surface area contributed by atoms with Crippen molar-refractivity contribution in [2.75, 3.05) is 19.0 Å². The van der Waals surface area contributed by atoms with Crippen LogP contribution in [0.1, 0.15) is 66.8 Å². The molecule has 0 bridgehead atoms. The molecule has 59 heavy (non-hydrogen) atoms. The second-order valence-electron chi connectivity index (χ2n) is 17.1. The largest absolute Gasteiger partial charge is 0.347 e. The van der Waals surface area contributed by atoms with Gasteiger partial charge in [0.05, 0.1) is 5.41 Å². The van der Waals surface area contributed by atoms with Gasteiger partial charge in [-0.05, 0) is 127 Å². The van der Waals surface area contributed by atoms with Crippen molar-refractivity contribution in [1.82, 2.24) is 0 Å². The monoisotopic (exact) mass is 789 g/mol. The van der Waals surface area contributed by atoms with Gasteiger partial charge in [-0.25, -0.2) is 0 Å². The van der Waals surface area contributed by atoms with E-state index < -0.39 is 0 Å². The van der Waals surface area contributed by atoms with Crippen LogP contribution in [0.25, 0.3) is 10.8 Å². The molecule has 2 atom stereocenters. The Kier molecular flexibility index (Phi) is 10.9. The minimum atomic E-state index is -0.291. The summed E-state index contributed by atoms with van der Waals surface area (Å²) < 4.78 is 2.46. The second kappa shape index (κ2) is 16.5. The highest BCUT2D eigenvalue weighted by molar-refractivity contribution is 6.30. The molecule has 0 fully saturated rings. The lowest BCUT2D eigenvalue weighted by Gasteiger charge is -2.34. The summed E-state index contributed by atoms with van der Waals surface area (Å²) in [5, 5.41) is 3.45. The Hall–Kier alpha value is -5.70. The van der Waals surface area contributed by atoms with E-state index in [-0.39, 0.29) is 10.8 Å². The van der Waals surface area contributed by atoms with Crippen LogP contribution in [0.15, 0.2) is 193 Å². The van der Waals surface area contributed by atoms with Crippen molar-refractivity contribution in [1.29, 1.82) is 0 Å². The Morgan fingerprint density at radius 2 is 1.47 bits per heavy atom. The van der Waals surface area contributed by atoms with Crippen molar-refractivity contribution in [3.8, 4) is 0 Å². The molecule has 0 N–H and O–H groups in total. The summed E-state index contributed by atoms with van der Waals surface area (Å²) in [7, 11) is 4.51. The van der Waals surface area contributed by atoms with Crippen molar-refractivity contribution in [3.63, 3.8) is 0 Å². The molecule has 0 saturated heterocycles. The van der Waals surface area contributed by atoms with Crippen molar-refractivity contribution in [2.24, 2.45) is 0 Å². The molecule has 294 valence electrons. The first-order chi connectivity index (χ1) is 28.8. The molecule has 6 aromatic carbocycles. The molecule has 1 aliphatic carbocycles. The summed E-state index contributed by atoms with van der Waals surface area (Å²) in [4.78, 5) is 2.42. The van der Waals surface area contributed by atoms with E-state index in [0.29, 0.717) is 0 Å². The van der Waals surface area contributed by atoms with Gasteiger partial charge in [0.2, 0.25) is 5.69 Å². The van der Waals surface area contributed by atoms with E-state index in [1.54, 1.807) is 5.57 Å². The molecule has 0 radical (unpaired) electrons. The zero-order chi connectivity index (χ0) is 40.4. The fourth-order valence-corrected chi connectivity index (χ4v) is 10.7. The Balaban J connectivity index is 1.18. The molecule has 0 amide bonds. The Labute approximate surface area is 356 Å². The summed E-state index contributed by atoms with van der Waals surface area (Å²) in [6.07, 6.45) is 20.5.